The van der Waals surface area contributed by atoms with Crippen LogP contribution in [0.15, 0.2) is 35.4 Å². The van der Waals surface area contributed by atoms with E-state index in [-0.39, 0.29) is 12.2 Å². The maximum Gasteiger partial charge on any atom is 0.267 e. The van der Waals surface area contributed by atoms with Crippen molar-refractivity contribution in [3.63, 3.8) is 0 Å². The predicted octanol–water partition coefficient (Wildman–Crippen LogP) is 1.70. The van der Waals surface area contributed by atoms with Crippen LogP contribution >= 0.6 is 22.6 Å². The fourth-order valence-corrected chi connectivity index (χ4v) is 2.05. The second-order valence-electron chi connectivity index (χ2n) is 4.05. The first-order valence-electron chi connectivity index (χ1n) is 5.52. The standard InChI is InChI=1S/C13H13IN2O2/c1-9-12(14)13(18)16(8-15-9)6-10-2-4-11(7-17)5-3-10/h2-5,8,17H,6-7H2,1H3. The summed E-state index contributed by atoms with van der Waals surface area (Å²) in [5, 5.41) is 8.96. The number of rotatable bonds is 3. The van der Waals surface area contributed by atoms with E-state index in [1.807, 2.05) is 53.8 Å². The van der Waals surface area contributed by atoms with Crippen molar-refractivity contribution in [2.45, 2.75) is 20.1 Å². The zero-order valence-corrected chi connectivity index (χ0v) is 12.1. The lowest BCUT2D eigenvalue weighted by atomic mass is 10.1. The molecule has 0 amide bonds. The summed E-state index contributed by atoms with van der Waals surface area (Å²) in [5.41, 5.74) is 2.61. The van der Waals surface area contributed by atoms with Crippen molar-refractivity contribution in [1.82, 2.24) is 9.55 Å². The molecule has 0 aliphatic carbocycles. The summed E-state index contributed by atoms with van der Waals surface area (Å²) in [7, 11) is 0. The average molecular weight is 356 g/mol. The van der Waals surface area contributed by atoms with Crippen LogP contribution in [0.3, 0.4) is 0 Å². The molecule has 5 heteroatoms. The molecule has 0 radical (unpaired) electrons. The van der Waals surface area contributed by atoms with Gasteiger partial charge in [0.05, 0.1) is 28.7 Å². The molecular formula is C13H13IN2O2. The number of nitrogens with zero attached hydrogens (tertiary/aromatic N) is 2. The summed E-state index contributed by atoms with van der Waals surface area (Å²) in [6.07, 6.45) is 1.57. The summed E-state index contributed by atoms with van der Waals surface area (Å²) in [4.78, 5) is 16.2. The van der Waals surface area contributed by atoms with Gasteiger partial charge in [-0.05, 0) is 40.6 Å². The van der Waals surface area contributed by atoms with Gasteiger partial charge in [-0.1, -0.05) is 24.3 Å². The Bertz CT molecular complexity index is 605. The molecule has 0 aliphatic rings. The van der Waals surface area contributed by atoms with Gasteiger partial charge in [0.15, 0.2) is 0 Å². The minimum absolute atomic E-state index is 0.0191. The van der Waals surface area contributed by atoms with E-state index in [2.05, 4.69) is 4.98 Å². The second kappa shape index (κ2) is 5.62. The summed E-state index contributed by atoms with van der Waals surface area (Å²) < 4.78 is 2.24. The quantitative estimate of drug-likeness (QED) is 0.852. The van der Waals surface area contributed by atoms with Crippen LogP contribution in [0.1, 0.15) is 16.8 Å². The van der Waals surface area contributed by atoms with Gasteiger partial charge in [-0.25, -0.2) is 4.98 Å². The molecule has 0 bridgehead atoms. The highest BCUT2D eigenvalue weighted by molar-refractivity contribution is 14.1. The van der Waals surface area contributed by atoms with Crippen LogP contribution in [0.5, 0.6) is 0 Å². The van der Waals surface area contributed by atoms with Crippen LogP contribution in [0.4, 0.5) is 0 Å². The highest BCUT2D eigenvalue weighted by Crippen LogP contribution is 2.07. The van der Waals surface area contributed by atoms with Crippen LogP contribution in [0.2, 0.25) is 0 Å². The molecule has 0 fully saturated rings. The van der Waals surface area contributed by atoms with Gasteiger partial charge in [-0.3, -0.25) is 9.36 Å². The lowest BCUT2D eigenvalue weighted by Gasteiger charge is -2.07. The van der Waals surface area contributed by atoms with Gasteiger partial charge in [-0.2, -0.15) is 0 Å². The second-order valence-corrected chi connectivity index (χ2v) is 5.13. The van der Waals surface area contributed by atoms with Crippen LogP contribution in [0, 0.1) is 10.5 Å². The van der Waals surface area contributed by atoms with Gasteiger partial charge >= 0.3 is 0 Å². The van der Waals surface area contributed by atoms with Crippen molar-refractivity contribution in [3.05, 3.63) is 61.3 Å². The van der Waals surface area contributed by atoms with Gasteiger partial charge < -0.3 is 5.11 Å². The van der Waals surface area contributed by atoms with Crippen molar-refractivity contribution in [2.75, 3.05) is 0 Å². The fourth-order valence-electron chi connectivity index (χ4n) is 1.61. The number of hydrogen-bond donors (Lipinski definition) is 1. The van der Waals surface area contributed by atoms with Crippen LogP contribution in [-0.4, -0.2) is 14.7 Å². The Morgan fingerprint density at radius 2 is 1.89 bits per heavy atom. The number of aromatic nitrogens is 2. The summed E-state index contributed by atoms with van der Waals surface area (Å²) in [5.74, 6) is 0. The van der Waals surface area contributed by atoms with Gasteiger partial charge in [0.2, 0.25) is 0 Å². The molecule has 0 saturated carbocycles. The molecule has 1 aromatic heterocycles. The van der Waals surface area contributed by atoms with E-state index < -0.39 is 0 Å². The van der Waals surface area contributed by atoms with Crippen molar-refractivity contribution >= 4 is 22.6 Å². The molecule has 94 valence electrons. The molecule has 1 aromatic carbocycles. The largest absolute Gasteiger partial charge is 0.392 e. The normalized spacial score (nSPS) is 10.6. The lowest BCUT2D eigenvalue weighted by molar-refractivity contribution is 0.282. The van der Waals surface area contributed by atoms with Crippen molar-refractivity contribution < 1.29 is 5.11 Å². The Kier molecular flexibility index (Phi) is 4.13. The Hall–Kier alpha value is -1.21. The minimum Gasteiger partial charge on any atom is -0.392 e. The predicted molar refractivity (Wildman–Crippen MR) is 77.4 cm³/mol. The molecular weight excluding hydrogens is 343 g/mol. The number of halogens is 1. The third-order valence-electron chi connectivity index (χ3n) is 2.72. The molecule has 18 heavy (non-hydrogen) atoms. The maximum absolute atomic E-state index is 12.0. The van der Waals surface area contributed by atoms with Gasteiger partial charge in [0, 0.05) is 0 Å². The average Bonchev–Trinajstić information content (AvgIpc) is 2.40. The van der Waals surface area contributed by atoms with Gasteiger partial charge in [0.25, 0.3) is 5.56 Å². The molecule has 4 nitrogen and oxygen atoms in total. The topological polar surface area (TPSA) is 55.1 Å². The number of aryl methyl sites for hydroxylation is 1. The SMILES string of the molecule is Cc1ncn(Cc2ccc(CO)cc2)c(=O)c1I. The van der Waals surface area contributed by atoms with E-state index in [0.29, 0.717) is 10.1 Å². The summed E-state index contributed by atoms with van der Waals surface area (Å²) in [6.45, 7) is 2.35. The molecule has 0 unspecified atom stereocenters. The van der Waals surface area contributed by atoms with E-state index in [4.69, 9.17) is 5.11 Å². The van der Waals surface area contributed by atoms with Crippen molar-refractivity contribution in [2.24, 2.45) is 0 Å². The van der Waals surface area contributed by atoms with E-state index in [0.717, 1.165) is 16.8 Å². The Labute approximate surface area is 118 Å². The van der Waals surface area contributed by atoms with E-state index in [1.54, 1.807) is 10.9 Å². The molecule has 1 N–H and O–H groups in total. The van der Waals surface area contributed by atoms with Crippen molar-refractivity contribution in [3.8, 4) is 0 Å². The first-order valence-corrected chi connectivity index (χ1v) is 6.60. The van der Waals surface area contributed by atoms with Gasteiger partial charge in [-0.15, -0.1) is 0 Å². The Balaban J connectivity index is 2.28. The number of aliphatic hydroxyl groups excluding tert-OH is 1. The molecule has 0 atom stereocenters. The maximum atomic E-state index is 12.0. The van der Waals surface area contributed by atoms with Crippen LogP contribution in [0.25, 0.3) is 0 Å². The van der Waals surface area contributed by atoms with Crippen molar-refractivity contribution in [1.29, 1.82) is 0 Å². The van der Waals surface area contributed by atoms with Crippen LogP contribution < -0.4 is 5.56 Å². The number of aliphatic hydroxyl groups is 1. The monoisotopic (exact) mass is 356 g/mol. The molecule has 1 heterocycles. The van der Waals surface area contributed by atoms with Crippen LogP contribution in [-0.2, 0) is 13.2 Å². The van der Waals surface area contributed by atoms with E-state index in [9.17, 15) is 4.79 Å². The van der Waals surface area contributed by atoms with E-state index in [1.165, 1.54) is 0 Å². The third kappa shape index (κ3) is 2.78. The Morgan fingerprint density at radius 1 is 1.28 bits per heavy atom. The van der Waals surface area contributed by atoms with E-state index >= 15 is 0 Å². The molecule has 0 saturated heterocycles. The third-order valence-corrected chi connectivity index (χ3v) is 3.96. The number of benzene rings is 1. The molecule has 0 spiro atoms. The highest BCUT2D eigenvalue weighted by Gasteiger charge is 2.05. The highest BCUT2D eigenvalue weighted by atomic mass is 127. The lowest BCUT2D eigenvalue weighted by Crippen LogP contribution is -2.24. The minimum atomic E-state index is -0.0191. The molecule has 2 aromatic rings. The smallest absolute Gasteiger partial charge is 0.267 e. The summed E-state index contributed by atoms with van der Waals surface area (Å²) in [6, 6.07) is 7.52. The zero-order valence-electron chi connectivity index (χ0n) is 9.93. The molecule has 2 rings (SSSR count). The Morgan fingerprint density at radius 3 is 2.50 bits per heavy atom. The molecule has 0 aliphatic heterocycles. The van der Waals surface area contributed by atoms with Gasteiger partial charge in [0.1, 0.15) is 0 Å². The first-order chi connectivity index (χ1) is 8.61. The summed E-state index contributed by atoms with van der Waals surface area (Å²) >= 11 is 2.02. The number of hydrogen-bond acceptors (Lipinski definition) is 3. The first kappa shape index (κ1) is 13.2. The fraction of sp³-hybridized carbons (Fsp3) is 0.231. The zero-order chi connectivity index (χ0) is 13.1.